The van der Waals surface area contributed by atoms with Crippen LogP contribution in [0.25, 0.3) is 0 Å². The summed E-state index contributed by atoms with van der Waals surface area (Å²) in [5.41, 5.74) is -0.191. The zero-order valence-corrected chi connectivity index (χ0v) is 10.9. The van der Waals surface area contributed by atoms with Gasteiger partial charge in [-0.05, 0) is 16.6 Å². The number of carbonyl (C=O) groups is 2. The van der Waals surface area contributed by atoms with E-state index in [0.29, 0.717) is 4.48 Å². The highest BCUT2D eigenvalue weighted by Gasteiger charge is 2.22. The zero-order chi connectivity index (χ0) is 13.7. The van der Waals surface area contributed by atoms with Gasteiger partial charge in [-0.2, -0.15) is 0 Å². The summed E-state index contributed by atoms with van der Waals surface area (Å²) in [6.07, 6.45) is 0.0233. The first-order valence-corrected chi connectivity index (χ1v) is 5.82. The van der Waals surface area contributed by atoms with Crippen molar-refractivity contribution in [2.45, 2.75) is 12.5 Å². The highest BCUT2D eigenvalue weighted by Crippen LogP contribution is 2.12. The van der Waals surface area contributed by atoms with Crippen LogP contribution in [-0.2, 0) is 4.79 Å². The second-order valence-electron chi connectivity index (χ2n) is 3.57. The van der Waals surface area contributed by atoms with Crippen molar-refractivity contribution in [1.82, 2.24) is 5.32 Å². The van der Waals surface area contributed by atoms with Gasteiger partial charge in [-0.25, -0.2) is 9.18 Å². The summed E-state index contributed by atoms with van der Waals surface area (Å²) >= 11 is 3.02. The Morgan fingerprint density at radius 1 is 1.44 bits per heavy atom. The molecule has 0 saturated heterocycles. The molecule has 96 valence electrons. The van der Waals surface area contributed by atoms with Gasteiger partial charge in [0.05, 0.1) is 5.56 Å². The molecular weight excluding hydrogens is 305 g/mol. The van der Waals surface area contributed by atoms with Crippen LogP contribution in [0.1, 0.15) is 16.8 Å². The third-order valence-electron chi connectivity index (χ3n) is 2.15. The number of hydrogen-bond acceptors (Lipinski definition) is 2. The van der Waals surface area contributed by atoms with E-state index in [1.165, 1.54) is 18.2 Å². The Hall–Kier alpha value is -1.69. The van der Waals surface area contributed by atoms with E-state index in [4.69, 9.17) is 5.11 Å². The average Bonchev–Trinajstić information content (AvgIpc) is 2.27. The van der Waals surface area contributed by atoms with Crippen LogP contribution in [-0.4, -0.2) is 23.0 Å². The van der Waals surface area contributed by atoms with E-state index in [9.17, 15) is 14.0 Å². The molecule has 0 saturated carbocycles. The summed E-state index contributed by atoms with van der Waals surface area (Å²) in [7, 11) is 0. The molecule has 0 radical (unpaired) electrons. The van der Waals surface area contributed by atoms with Crippen LogP contribution in [0, 0.1) is 5.82 Å². The van der Waals surface area contributed by atoms with Crippen molar-refractivity contribution >= 4 is 27.8 Å². The number of benzene rings is 1. The molecule has 0 fully saturated rings. The lowest BCUT2D eigenvalue weighted by Gasteiger charge is -2.14. The first kappa shape index (κ1) is 14.4. The van der Waals surface area contributed by atoms with Crippen LogP contribution >= 0.6 is 15.9 Å². The van der Waals surface area contributed by atoms with Gasteiger partial charge in [0.1, 0.15) is 11.9 Å². The average molecular weight is 316 g/mol. The quantitative estimate of drug-likeness (QED) is 0.876. The van der Waals surface area contributed by atoms with E-state index in [0.717, 1.165) is 6.07 Å². The number of carbonyl (C=O) groups excluding carboxylic acids is 1. The van der Waals surface area contributed by atoms with Crippen molar-refractivity contribution in [3.05, 3.63) is 46.7 Å². The fraction of sp³-hybridized carbons (Fsp3) is 0.167. The minimum absolute atomic E-state index is 0.0233. The van der Waals surface area contributed by atoms with E-state index in [1.54, 1.807) is 0 Å². The largest absolute Gasteiger partial charge is 0.480 e. The SMILES string of the molecule is C=C(Br)C[C@@H](NC(=O)c1ccccc1F)C(=O)O. The van der Waals surface area contributed by atoms with E-state index >= 15 is 0 Å². The number of halogens is 2. The van der Waals surface area contributed by atoms with Crippen LogP contribution in [0.5, 0.6) is 0 Å². The number of carboxylic acids is 1. The zero-order valence-electron chi connectivity index (χ0n) is 9.32. The number of hydrogen-bond donors (Lipinski definition) is 2. The lowest BCUT2D eigenvalue weighted by molar-refractivity contribution is -0.139. The van der Waals surface area contributed by atoms with Crippen molar-refractivity contribution < 1.29 is 19.1 Å². The number of aliphatic carboxylic acids is 1. The molecule has 1 aromatic carbocycles. The number of amides is 1. The second-order valence-corrected chi connectivity index (χ2v) is 4.69. The minimum Gasteiger partial charge on any atom is -0.480 e. The normalized spacial score (nSPS) is 11.7. The maximum Gasteiger partial charge on any atom is 0.326 e. The Balaban J connectivity index is 2.82. The predicted octanol–water partition coefficient (Wildman–Crippen LogP) is 2.31. The van der Waals surface area contributed by atoms with Gasteiger partial charge in [0.15, 0.2) is 0 Å². The van der Waals surface area contributed by atoms with Crippen LogP contribution in [0.3, 0.4) is 0 Å². The Morgan fingerprint density at radius 2 is 2.06 bits per heavy atom. The Bertz CT molecular complexity index is 490. The highest BCUT2D eigenvalue weighted by atomic mass is 79.9. The fourth-order valence-corrected chi connectivity index (χ4v) is 1.63. The molecule has 0 aliphatic rings. The van der Waals surface area contributed by atoms with Crippen molar-refractivity contribution in [1.29, 1.82) is 0 Å². The van der Waals surface area contributed by atoms with E-state index in [1.807, 2.05) is 0 Å². The van der Waals surface area contributed by atoms with Crippen LogP contribution in [0.2, 0.25) is 0 Å². The molecule has 4 nitrogen and oxygen atoms in total. The van der Waals surface area contributed by atoms with Gasteiger partial charge in [-0.3, -0.25) is 4.79 Å². The highest BCUT2D eigenvalue weighted by molar-refractivity contribution is 9.11. The molecule has 0 aliphatic heterocycles. The Morgan fingerprint density at radius 3 is 2.56 bits per heavy atom. The van der Waals surface area contributed by atoms with Gasteiger partial charge >= 0.3 is 5.97 Å². The molecule has 1 atom stereocenters. The van der Waals surface area contributed by atoms with E-state index in [2.05, 4.69) is 27.8 Å². The predicted molar refractivity (Wildman–Crippen MR) is 68.0 cm³/mol. The van der Waals surface area contributed by atoms with Crippen molar-refractivity contribution in [3.8, 4) is 0 Å². The molecule has 1 amide bonds. The van der Waals surface area contributed by atoms with Gasteiger partial charge in [-0.15, -0.1) is 0 Å². The molecule has 1 aromatic rings. The molecule has 2 N–H and O–H groups in total. The number of nitrogens with one attached hydrogen (secondary N) is 1. The lowest BCUT2D eigenvalue weighted by Crippen LogP contribution is -2.41. The van der Waals surface area contributed by atoms with Crippen LogP contribution in [0.15, 0.2) is 35.3 Å². The van der Waals surface area contributed by atoms with Gasteiger partial charge in [0.25, 0.3) is 5.91 Å². The topological polar surface area (TPSA) is 66.4 Å². The summed E-state index contributed by atoms with van der Waals surface area (Å²) < 4.78 is 13.8. The molecular formula is C12H11BrFNO3. The van der Waals surface area contributed by atoms with Gasteiger partial charge in [-0.1, -0.05) is 34.6 Å². The summed E-state index contributed by atoms with van der Waals surface area (Å²) in [5, 5.41) is 11.2. The maximum absolute atomic E-state index is 13.3. The molecule has 18 heavy (non-hydrogen) atoms. The standard InChI is InChI=1S/C12H11BrFNO3/c1-7(13)6-10(12(17)18)15-11(16)8-4-2-3-5-9(8)14/h2-5,10H,1,6H2,(H,15,16)(H,17,18)/t10-/m1/s1. The molecule has 0 heterocycles. The van der Waals surface area contributed by atoms with Gasteiger partial charge < -0.3 is 10.4 Å². The van der Waals surface area contributed by atoms with Crippen molar-refractivity contribution in [2.24, 2.45) is 0 Å². The van der Waals surface area contributed by atoms with Gasteiger partial charge in [0.2, 0.25) is 0 Å². The third-order valence-corrected chi connectivity index (χ3v) is 2.47. The second kappa shape index (κ2) is 6.30. The first-order valence-electron chi connectivity index (χ1n) is 5.03. The molecule has 0 aromatic heterocycles. The first-order chi connectivity index (χ1) is 8.41. The monoisotopic (exact) mass is 315 g/mol. The summed E-state index contributed by atoms with van der Waals surface area (Å²) in [4.78, 5) is 22.6. The fourth-order valence-electron chi connectivity index (χ4n) is 1.30. The number of carboxylic acid groups (broad SMARTS) is 1. The van der Waals surface area contributed by atoms with Crippen molar-refractivity contribution in [3.63, 3.8) is 0 Å². The molecule has 0 bridgehead atoms. The summed E-state index contributed by atoms with van der Waals surface area (Å²) in [6, 6.07) is 4.21. The third kappa shape index (κ3) is 3.96. The minimum atomic E-state index is -1.21. The molecule has 0 spiro atoms. The molecule has 0 aliphatic carbocycles. The summed E-state index contributed by atoms with van der Waals surface area (Å²) in [6.45, 7) is 3.50. The Kier molecular flexibility index (Phi) is 5.03. The molecule has 0 unspecified atom stereocenters. The molecule has 1 rings (SSSR count). The van der Waals surface area contributed by atoms with Crippen molar-refractivity contribution in [2.75, 3.05) is 0 Å². The lowest BCUT2D eigenvalue weighted by atomic mass is 10.1. The van der Waals surface area contributed by atoms with E-state index in [-0.39, 0.29) is 12.0 Å². The van der Waals surface area contributed by atoms with E-state index < -0.39 is 23.7 Å². The number of rotatable bonds is 5. The van der Waals surface area contributed by atoms with Gasteiger partial charge in [0, 0.05) is 6.42 Å². The van der Waals surface area contributed by atoms with Crippen LogP contribution in [0.4, 0.5) is 4.39 Å². The van der Waals surface area contributed by atoms with Crippen LogP contribution < -0.4 is 5.32 Å². The maximum atomic E-state index is 13.3. The summed E-state index contributed by atoms with van der Waals surface area (Å²) in [5.74, 6) is -2.67. The molecule has 6 heteroatoms. The Labute approximate surface area is 112 Å². The smallest absolute Gasteiger partial charge is 0.326 e.